The maximum absolute atomic E-state index is 11.2. The number of hydrogen-bond donors (Lipinski definition) is 0. The lowest BCUT2D eigenvalue weighted by molar-refractivity contribution is -0.126. The third-order valence-corrected chi connectivity index (χ3v) is 1.73. The molecule has 1 aliphatic rings. The molecule has 0 aliphatic carbocycles. The van der Waals surface area contributed by atoms with Crippen molar-refractivity contribution < 1.29 is 9.53 Å². The molecule has 1 fully saturated rings. The van der Waals surface area contributed by atoms with E-state index in [0.717, 1.165) is 19.4 Å². The number of Topliss-reactive ketones (excluding diaryl/α,β-unsaturated/α-hetero) is 1. The van der Waals surface area contributed by atoms with E-state index in [4.69, 9.17) is 4.74 Å². The molecule has 1 saturated heterocycles. The Morgan fingerprint density at radius 2 is 2.55 bits per heavy atom. The lowest BCUT2D eigenvalue weighted by Crippen LogP contribution is -2.18. The number of carbonyl (C=O) groups excluding carboxylic acids is 1. The number of rotatable bonds is 2. The first-order valence-electron chi connectivity index (χ1n) is 3.88. The number of hydrogen-bond acceptors (Lipinski definition) is 2. The van der Waals surface area contributed by atoms with E-state index in [2.05, 4.69) is 11.8 Å². The van der Waals surface area contributed by atoms with Gasteiger partial charge in [-0.1, -0.05) is 5.92 Å². The highest BCUT2D eigenvalue weighted by Crippen LogP contribution is 2.13. The minimum Gasteiger partial charge on any atom is -0.370 e. The zero-order valence-corrected chi connectivity index (χ0v) is 6.72. The molecule has 0 aromatic carbocycles. The van der Waals surface area contributed by atoms with Gasteiger partial charge in [0, 0.05) is 6.61 Å². The topological polar surface area (TPSA) is 26.3 Å². The fourth-order valence-corrected chi connectivity index (χ4v) is 1.12. The molecule has 0 aromatic heterocycles. The van der Waals surface area contributed by atoms with E-state index in [0.29, 0.717) is 6.42 Å². The largest absolute Gasteiger partial charge is 0.370 e. The summed E-state index contributed by atoms with van der Waals surface area (Å²) in [5.74, 6) is 5.58. The Morgan fingerprint density at radius 1 is 1.73 bits per heavy atom. The van der Waals surface area contributed by atoms with Crippen LogP contribution in [0.2, 0.25) is 0 Å². The molecule has 1 unspecified atom stereocenters. The highest BCUT2D eigenvalue weighted by atomic mass is 16.5. The van der Waals surface area contributed by atoms with Crippen molar-refractivity contribution in [1.29, 1.82) is 0 Å². The molecule has 2 heteroatoms. The SMILES string of the molecule is CC#CCC(=O)C1CCCO1. The van der Waals surface area contributed by atoms with Gasteiger partial charge >= 0.3 is 0 Å². The monoisotopic (exact) mass is 152 g/mol. The van der Waals surface area contributed by atoms with E-state index >= 15 is 0 Å². The van der Waals surface area contributed by atoms with Crippen LogP contribution in [0.5, 0.6) is 0 Å². The highest BCUT2D eigenvalue weighted by Gasteiger charge is 2.21. The smallest absolute Gasteiger partial charge is 0.173 e. The van der Waals surface area contributed by atoms with Crippen LogP contribution in [0, 0.1) is 11.8 Å². The van der Waals surface area contributed by atoms with Gasteiger partial charge in [-0.2, -0.15) is 0 Å². The van der Waals surface area contributed by atoms with Crippen molar-refractivity contribution in [2.75, 3.05) is 6.61 Å². The third kappa shape index (κ3) is 2.36. The van der Waals surface area contributed by atoms with Crippen molar-refractivity contribution in [3.8, 4) is 11.8 Å². The zero-order valence-electron chi connectivity index (χ0n) is 6.72. The van der Waals surface area contributed by atoms with Gasteiger partial charge in [-0.15, -0.1) is 5.92 Å². The summed E-state index contributed by atoms with van der Waals surface area (Å²) in [4.78, 5) is 11.2. The predicted molar refractivity (Wildman–Crippen MR) is 42.0 cm³/mol. The van der Waals surface area contributed by atoms with Gasteiger partial charge < -0.3 is 4.74 Å². The maximum atomic E-state index is 11.2. The molecule has 11 heavy (non-hydrogen) atoms. The van der Waals surface area contributed by atoms with E-state index in [1.165, 1.54) is 0 Å². The van der Waals surface area contributed by atoms with Gasteiger partial charge in [0.15, 0.2) is 5.78 Å². The average Bonchev–Trinajstić information content (AvgIpc) is 2.52. The van der Waals surface area contributed by atoms with Crippen LogP contribution in [0.15, 0.2) is 0 Å². The first-order valence-corrected chi connectivity index (χ1v) is 3.88. The maximum Gasteiger partial charge on any atom is 0.173 e. The van der Waals surface area contributed by atoms with E-state index in [9.17, 15) is 4.79 Å². The van der Waals surface area contributed by atoms with Gasteiger partial charge in [-0.25, -0.2) is 0 Å². The van der Waals surface area contributed by atoms with Crippen molar-refractivity contribution in [2.24, 2.45) is 0 Å². The van der Waals surface area contributed by atoms with Gasteiger partial charge in [0.2, 0.25) is 0 Å². The molecule has 60 valence electrons. The minimum absolute atomic E-state index is 0.136. The summed E-state index contributed by atoms with van der Waals surface area (Å²) < 4.78 is 5.19. The number of ether oxygens (including phenoxy) is 1. The molecule has 0 saturated carbocycles. The van der Waals surface area contributed by atoms with E-state index in [1.54, 1.807) is 6.92 Å². The van der Waals surface area contributed by atoms with Crippen molar-refractivity contribution in [3.05, 3.63) is 0 Å². The van der Waals surface area contributed by atoms with Crippen molar-refractivity contribution >= 4 is 5.78 Å². The van der Waals surface area contributed by atoms with Crippen LogP contribution < -0.4 is 0 Å². The van der Waals surface area contributed by atoms with E-state index < -0.39 is 0 Å². The Morgan fingerprint density at radius 3 is 3.09 bits per heavy atom. The Bertz CT molecular complexity index is 191. The van der Waals surface area contributed by atoms with Crippen molar-refractivity contribution in [1.82, 2.24) is 0 Å². The molecule has 0 amide bonds. The lowest BCUT2D eigenvalue weighted by atomic mass is 10.1. The van der Waals surface area contributed by atoms with Gasteiger partial charge in [0.25, 0.3) is 0 Å². The van der Waals surface area contributed by atoms with Crippen LogP contribution in [-0.2, 0) is 9.53 Å². The van der Waals surface area contributed by atoms with Crippen LogP contribution in [0.4, 0.5) is 0 Å². The quantitative estimate of drug-likeness (QED) is 0.555. The van der Waals surface area contributed by atoms with Crippen molar-refractivity contribution in [2.45, 2.75) is 32.3 Å². The Labute approximate surface area is 66.9 Å². The second kappa shape index (κ2) is 4.15. The number of ketones is 1. The Kier molecular flexibility index (Phi) is 3.13. The van der Waals surface area contributed by atoms with Gasteiger partial charge in [0.05, 0.1) is 6.42 Å². The molecule has 1 aliphatic heterocycles. The molecular formula is C9H12O2. The molecule has 0 bridgehead atoms. The van der Waals surface area contributed by atoms with Crippen LogP contribution in [0.1, 0.15) is 26.2 Å². The number of carbonyl (C=O) groups is 1. The molecule has 0 radical (unpaired) electrons. The van der Waals surface area contributed by atoms with Crippen LogP contribution in [0.25, 0.3) is 0 Å². The van der Waals surface area contributed by atoms with E-state index in [1.807, 2.05) is 0 Å². The molecule has 0 N–H and O–H groups in total. The summed E-state index contributed by atoms with van der Waals surface area (Å²) in [6.45, 7) is 2.47. The molecule has 0 spiro atoms. The minimum atomic E-state index is -0.157. The molecule has 2 nitrogen and oxygen atoms in total. The molecule has 1 atom stereocenters. The summed E-state index contributed by atoms with van der Waals surface area (Å²) in [5.41, 5.74) is 0. The molecule has 1 heterocycles. The summed E-state index contributed by atoms with van der Waals surface area (Å²) >= 11 is 0. The van der Waals surface area contributed by atoms with Crippen LogP contribution in [-0.4, -0.2) is 18.5 Å². The summed E-state index contributed by atoms with van der Waals surface area (Å²) in [6.07, 6.45) is 2.08. The van der Waals surface area contributed by atoms with Crippen molar-refractivity contribution in [3.63, 3.8) is 0 Å². The molecule has 0 aromatic rings. The molecule has 1 rings (SSSR count). The van der Waals surface area contributed by atoms with Gasteiger partial charge in [-0.05, 0) is 19.8 Å². The first kappa shape index (κ1) is 8.29. The van der Waals surface area contributed by atoms with E-state index in [-0.39, 0.29) is 11.9 Å². The van der Waals surface area contributed by atoms with Crippen LogP contribution in [0.3, 0.4) is 0 Å². The zero-order chi connectivity index (χ0) is 8.10. The first-order chi connectivity index (χ1) is 5.34. The second-order valence-electron chi connectivity index (χ2n) is 2.57. The summed E-state index contributed by atoms with van der Waals surface area (Å²) in [7, 11) is 0. The normalized spacial score (nSPS) is 22.5. The second-order valence-corrected chi connectivity index (χ2v) is 2.57. The fraction of sp³-hybridized carbons (Fsp3) is 0.667. The third-order valence-electron chi connectivity index (χ3n) is 1.73. The summed E-state index contributed by atoms with van der Waals surface area (Å²) in [6, 6.07) is 0. The Balaban J connectivity index is 2.32. The Hall–Kier alpha value is -0.810. The van der Waals surface area contributed by atoms with Crippen LogP contribution >= 0.6 is 0 Å². The summed E-state index contributed by atoms with van der Waals surface area (Å²) in [5, 5.41) is 0. The molecular weight excluding hydrogens is 140 g/mol. The lowest BCUT2D eigenvalue weighted by Gasteiger charge is -2.03. The average molecular weight is 152 g/mol. The predicted octanol–water partition coefficient (Wildman–Crippen LogP) is 1.15. The van der Waals surface area contributed by atoms with Gasteiger partial charge in [0.1, 0.15) is 6.10 Å². The standard InChI is InChI=1S/C9H12O2/c1-2-3-5-8(10)9-6-4-7-11-9/h9H,4-7H2,1H3. The highest BCUT2D eigenvalue weighted by molar-refractivity contribution is 5.85. The van der Waals surface area contributed by atoms with Gasteiger partial charge in [-0.3, -0.25) is 4.79 Å². The fourth-order valence-electron chi connectivity index (χ4n) is 1.12.